The highest BCUT2D eigenvalue weighted by Crippen LogP contribution is 2.23. The van der Waals surface area contributed by atoms with Crippen molar-refractivity contribution in [2.45, 2.75) is 83.2 Å². The third-order valence-electron chi connectivity index (χ3n) is 4.35. The number of hydrogen-bond donors (Lipinski definition) is 1. The normalized spacial score (nSPS) is 24.2. The third-order valence-corrected chi connectivity index (χ3v) is 4.35. The van der Waals surface area contributed by atoms with Crippen molar-refractivity contribution < 1.29 is 9.63 Å². The molecule has 2 saturated carbocycles. The molecule has 2 aliphatic rings. The zero-order chi connectivity index (χ0) is 12.6. The van der Waals surface area contributed by atoms with Gasteiger partial charge in [0.1, 0.15) is 0 Å². The molecular formula is C15H27NO2. The highest BCUT2D eigenvalue weighted by molar-refractivity contribution is 5.77. The summed E-state index contributed by atoms with van der Waals surface area (Å²) in [4.78, 5) is 17.7. The lowest BCUT2D eigenvalue weighted by Gasteiger charge is -2.18. The summed E-state index contributed by atoms with van der Waals surface area (Å²) in [6, 6.07) is 0. The highest BCUT2D eigenvalue weighted by Gasteiger charge is 2.21. The molecule has 0 aromatic rings. The highest BCUT2D eigenvalue weighted by atomic mass is 16.7. The number of nitrogens with one attached hydrogen (secondary N) is 1. The van der Waals surface area contributed by atoms with Crippen LogP contribution in [0.3, 0.4) is 0 Å². The number of hydroxylamine groups is 1. The summed E-state index contributed by atoms with van der Waals surface area (Å²) in [5.74, 6) is 0.319. The van der Waals surface area contributed by atoms with E-state index in [9.17, 15) is 4.79 Å². The first kappa shape index (κ1) is 13.9. The maximum Gasteiger partial charge on any atom is 0.246 e. The molecule has 2 aliphatic carbocycles. The molecule has 104 valence electrons. The molecule has 1 amide bonds. The van der Waals surface area contributed by atoms with Crippen molar-refractivity contribution in [1.29, 1.82) is 0 Å². The second kappa shape index (κ2) is 7.78. The van der Waals surface area contributed by atoms with Gasteiger partial charge in [0.25, 0.3) is 0 Å². The number of amides is 1. The zero-order valence-corrected chi connectivity index (χ0v) is 11.5. The molecule has 2 rings (SSSR count). The predicted octanol–water partition coefficient (Wildman–Crippen LogP) is 3.73. The fourth-order valence-corrected chi connectivity index (χ4v) is 3.13. The lowest BCUT2D eigenvalue weighted by molar-refractivity contribution is -0.143. The maximum absolute atomic E-state index is 12.0. The Morgan fingerprint density at radius 3 is 1.83 bits per heavy atom. The molecule has 0 unspecified atom stereocenters. The molecule has 2 fully saturated rings. The van der Waals surface area contributed by atoms with Gasteiger partial charge < -0.3 is 0 Å². The minimum absolute atomic E-state index is 0.126. The fourth-order valence-electron chi connectivity index (χ4n) is 3.13. The summed E-state index contributed by atoms with van der Waals surface area (Å²) in [6.07, 6.45) is 14.6. The van der Waals surface area contributed by atoms with Gasteiger partial charge in [0.15, 0.2) is 0 Å². The van der Waals surface area contributed by atoms with Gasteiger partial charge in [-0.05, 0) is 25.7 Å². The fraction of sp³-hybridized carbons (Fsp3) is 0.933. The van der Waals surface area contributed by atoms with E-state index in [0.29, 0.717) is 0 Å². The van der Waals surface area contributed by atoms with E-state index < -0.39 is 0 Å². The van der Waals surface area contributed by atoms with Gasteiger partial charge in [-0.25, -0.2) is 5.48 Å². The summed E-state index contributed by atoms with van der Waals surface area (Å²) in [5.41, 5.74) is 2.74. The second-order valence-corrected chi connectivity index (χ2v) is 5.89. The Kier molecular flexibility index (Phi) is 5.98. The second-order valence-electron chi connectivity index (χ2n) is 5.89. The lowest BCUT2D eigenvalue weighted by Crippen LogP contribution is -2.34. The Morgan fingerprint density at radius 1 is 0.778 bits per heavy atom. The van der Waals surface area contributed by atoms with Crippen LogP contribution in [0.25, 0.3) is 0 Å². The van der Waals surface area contributed by atoms with Crippen LogP contribution in [-0.4, -0.2) is 12.0 Å². The average molecular weight is 253 g/mol. The van der Waals surface area contributed by atoms with Gasteiger partial charge in [0.2, 0.25) is 5.91 Å². The van der Waals surface area contributed by atoms with Crippen LogP contribution >= 0.6 is 0 Å². The van der Waals surface area contributed by atoms with Gasteiger partial charge in [-0.3, -0.25) is 9.63 Å². The standard InChI is InChI=1S/C15H27NO2/c17-15(13-9-5-1-2-6-10-13)16-18-14-11-7-3-4-8-12-14/h13-14H,1-12H2,(H,16,17). The molecule has 0 aromatic carbocycles. The Labute approximate surface area is 111 Å². The Bertz CT molecular complexity index is 239. The van der Waals surface area contributed by atoms with Crippen molar-refractivity contribution in [2.24, 2.45) is 5.92 Å². The van der Waals surface area contributed by atoms with Crippen LogP contribution in [0, 0.1) is 5.92 Å². The monoisotopic (exact) mass is 253 g/mol. The van der Waals surface area contributed by atoms with Crippen molar-refractivity contribution in [3.05, 3.63) is 0 Å². The van der Waals surface area contributed by atoms with E-state index in [2.05, 4.69) is 5.48 Å². The first-order chi connectivity index (χ1) is 8.86. The zero-order valence-electron chi connectivity index (χ0n) is 11.5. The number of carbonyl (C=O) groups excluding carboxylic acids is 1. The van der Waals surface area contributed by atoms with Crippen LogP contribution < -0.4 is 5.48 Å². The van der Waals surface area contributed by atoms with E-state index in [-0.39, 0.29) is 17.9 Å². The summed E-state index contributed by atoms with van der Waals surface area (Å²) >= 11 is 0. The van der Waals surface area contributed by atoms with E-state index in [0.717, 1.165) is 25.7 Å². The first-order valence-corrected chi connectivity index (χ1v) is 7.82. The molecule has 0 saturated heterocycles. The Morgan fingerprint density at radius 2 is 1.28 bits per heavy atom. The van der Waals surface area contributed by atoms with Crippen molar-refractivity contribution in [3.63, 3.8) is 0 Å². The Hall–Kier alpha value is -0.570. The minimum atomic E-state index is 0.126. The molecule has 0 aromatic heterocycles. The van der Waals surface area contributed by atoms with E-state index in [1.165, 1.54) is 51.4 Å². The summed E-state index contributed by atoms with van der Waals surface area (Å²) < 4.78 is 0. The molecule has 3 heteroatoms. The van der Waals surface area contributed by atoms with Crippen molar-refractivity contribution in [2.75, 3.05) is 0 Å². The molecular weight excluding hydrogens is 226 g/mol. The van der Waals surface area contributed by atoms with Gasteiger partial charge in [0.05, 0.1) is 6.10 Å². The quantitative estimate of drug-likeness (QED) is 0.615. The van der Waals surface area contributed by atoms with Crippen molar-refractivity contribution >= 4 is 5.91 Å². The minimum Gasteiger partial charge on any atom is -0.273 e. The largest absolute Gasteiger partial charge is 0.273 e. The molecule has 0 radical (unpaired) electrons. The number of carbonyl (C=O) groups is 1. The van der Waals surface area contributed by atoms with Gasteiger partial charge in [-0.1, -0.05) is 51.4 Å². The van der Waals surface area contributed by atoms with E-state index >= 15 is 0 Å². The van der Waals surface area contributed by atoms with E-state index in [1.54, 1.807) is 0 Å². The van der Waals surface area contributed by atoms with E-state index in [4.69, 9.17) is 4.84 Å². The topological polar surface area (TPSA) is 38.3 Å². The molecule has 1 N–H and O–H groups in total. The molecule has 0 spiro atoms. The summed E-state index contributed by atoms with van der Waals surface area (Å²) in [7, 11) is 0. The van der Waals surface area contributed by atoms with Crippen LogP contribution in [0.4, 0.5) is 0 Å². The summed E-state index contributed by atoms with van der Waals surface area (Å²) in [5, 5.41) is 0. The molecule has 18 heavy (non-hydrogen) atoms. The number of hydrogen-bond acceptors (Lipinski definition) is 2. The predicted molar refractivity (Wildman–Crippen MR) is 71.9 cm³/mol. The van der Waals surface area contributed by atoms with Crippen LogP contribution in [-0.2, 0) is 9.63 Å². The Balaban J connectivity index is 1.69. The number of rotatable bonds is 3. The van der Waals surface area contributed by atoms with Crippen LogP contribution in [0.5, 0.6) is 0 Å². The summed E-state index contributed by atoms with van der Waals surface area (Å²) in [6.45, 7) is 0. The maximum atomic E-state index is 12.0. The lowest BCUT2D eigenvalue weighted by atomic mass is 10.00. The van der Waals surface area contributed by atoms with Crippen LogP contribution in [0.2, 0.25) is 0 Å². The van der Waals surface area contributed by atoms with Crippen molar-refractivity contribution in [1.82, 2.24) is 5.48 Å². The van der Waals surface area contributed by atoms with Crippen LogP contribution in [0.1, 0.15) is 77.0 Å². The molecule has 0 aliphatic heterocycles. The SMILES string of the molecule is O=C(NOC1CCCCCC1)C1CCCCCC1. The van der Waals surface area contributed by atoms with Crippen LogP contribution in [0.15, 0.2) is 0 Å². The molecule has 0 bridgehead atoms. The van der Waals surface area contributed by atoms with Gasteiger partial charge >= 0.3 is 0 Å². The van der Waals surface area contributed by atoms with Crippen molar-refractivity contribution in [3.8, 4) is 0 Å². The van der Waals surface area contributed by atoms with Gasteiger partial charge in [-0.15, -0.1) is 0 Å². The molecule has 0 atom stereocenters. The van der Waals surface area contributed by atoms with E-state index in [1.807, 2.05) is 0 Å². The van der Waals surface area contributed by atoms with Gasteiger partial charge in [-0.2, -0.15) is 0 Å². The molecule has 3 nitrogen and oxygen atoms in total. The first-order valence-electron chi connectivity index (χ1n) is 7.82. The molecule has 0 heterocycles. The third kappa shape index (κ3) is 4.60. The smallest absolute Gasteiger partial charge is 0.246 e. The average Bonchev–Trinajstić information content (AvgIpc) is 2.80. The van der Waals surface area contributed by atoms with Gasteiger partial charge in [0, 0.05) is 5.92 Å².